The van der Waals surface area contributed by atoms with Crippen LogP contribution in [0.15, 0.2) is 0 Å². The van der Waals surface area contributed by atoms with E-state index in [1.54, 1.807) is 0 Å². The molecule has 0 fully saturated rings. The molecule has 0 aliphatic rings. The molecule has 17 heavy (non-hydrogen) atoms. The molecule has 12 nitrogen and oxygen atoms in total. The minimum Gasteiger partial charge on any atom is -0.759 e. The van der Waals surface area contributed by atoms with Crippen molar-refractivity contribution in [2.24, 2.45) is 0 Å². The molecule has 0 spiro atoms. The Morgan fingerprint density at radius 2 is 0.412 bits per heavy atom. The van der Waals surface area contributed by atoms with Crippen LogP contribution in [0, 0.1) is 0 Å². The van der Waals surface area contributed by atoms with Crippen LogP contribution in [0.25, 0.3) is 0 Å². The standard InChI is InChI=1S/2Cu.3H2O4S/c;;3*1-5(2,3)4/h;;3*(H2,1,2,3,4)/p-6. The van der Waals surface area contributed by atoms with Crippen LogP contribution < -0.4 is 0 Å². The maximum Gasteiger partial charge on any atom is 0.0311 e. The second-order valence-electron chi connectivity index (χ2n) is 1.22. The number of hydrogen-bond donors (Lipinski definition) is 0. The molecule has 17 heteroatoms. The Labute approximate surface area is 117 Å². The summed E-state index contributed by atoms with van der Waals surface area (Å²) in [5, 5.41) is 0. The van der Waals surface area contributed by atoms with Gasteiger partial charge in [0.1, 0.15) is 0 Å². The number of rotatable bonds is 0. The topological polar surface area (TPSA) is 241 Å². The third kappa shape index (κ3) is 8480. The van der Waals surface area contributed by atoms with E-state index in [2.05, 4.69) is 0 Å². The average molecular weight is 415 g/mol. The molecule has 0 saturated heterocycles. The van der Waals surface area contributed by atoms with Crippen LogP contribution in [-0.2, 0) is 65.3 Å². The first kappa shape index (κ1) is 30.6. The van der Waals surface area contributed by atoms with Gasteiger partial charge in [-0.25, -0.2) is 0 Å². The van der Waals surface area contributed by atoms with Gasteiger partial charge in [-0.15, -0.1) is 0 Å². The Morgan fingerprint density at radius 3 is 0.412 bits per heavy atom. The van der Waals surface area contributed by atoms with E-state index in [4.69, 9.17) is 52.6 Å². The van der Waals surface area contributed by atoms with E-state index >= 15 is 0 Å². The summed E-state index contributed by atoms with van der Waals surface area (Å²) in [5.74, 6) is 0. The van der Waals surface area contributed by atoms with Crippen LogP contribution in [0.1, 0.15) is 0 Å². The minimum atomic E-state index is -5.17. The van der Waals surface area contributed by atoms with Gasteiger partial charge in [0.2, 0.25) is 0 Å². The molecule has 0 aliphatic carbocycles. The van der Waals surface area contributed by atoms with Gasteiger partial charge in [-0.05, 0) is 0 Å². The summed E-state index contributed by atoms with van der Waals surface area (Å²) >= 11 is 0. The summed E-state index contributed by atoms with van der Waals surface area (Å²) in [7, 11) is -15.5. The van der Waals surface area contributed by atoms with Gasteiger partial charge in [-0.1, -0.05) is 0 Å². The van der Waals surface area contributed by atoms with Crippen molar-refractivity contribution in [3.05, 3.63) is 0 Å². The van der Waals surface area contributed by atoms with E-state index < -0.39 is 31.2 Å². The second kappa shape index (κ2) is 11.7. The molecule has 0 saturated carbocycles. The van der Waals surface area contributed by atoms with E-state index in [1.807, 2.05) is 0 Å². The Balaban J connectivity index is -0.0000000400. The molecule has 0 amide bonds. The number of hydrogen-bond acceptors (Lipinski definition) is 12. The fourth-order valence-corrected chi connectivity index (χ4v) is 0. The average Bonchev–Trinajstić information content (AvgIpc) is 1.41. The third-order valence-electron chi connectivity index (χ3n) is 0. The third-order valence-corrected chi connectivity index (χ3v) is 0. The maximum absolute atomic E-state index is 8.52. The first-order valence-corrected chi connectivity index (χ1v) is 6.00. The second-order valence-corrected chi connectivity index (χ2v) is 3.67. The van der Waals surface area contributed by atoms with Crippen molar-refractivity contribution in [2.45, 2.75) is 0 Å². The van der Waals surface area contributed by atoms with Crippen LogP contribution in [0.2, 0.25) is 0 Å². The zero-order chi connectivity index (χ0) is 13.5. The SMILES string of the molecule is O=S(=O)([O-])[O-].O=S(=O)([O-])[O-].O=S(=O)([O-])[O-].[Cu].[Cu]. The maximum atomic E-state index is 8.52. The Morgan fingerprint density at radius 1 is 0.412 bits per heavy atom. The summed E-state index contributed by atoms with van der Waals surface area (Å²) in [4.78, 5) is 0. The van der Waals surface area contributed by atoms with Crippen molar-refractivity contribution in [1.82, 2.24) is 0 Å². The molecular formula is Cu2O12S3-6. The molecule has 0 bridgehead atoms. The molecule has 0 atom stereocenters. The van der Waals surface area contributed by atoms with Gasteiger partial charge in [-0.2, -0.15) is 0 Å². The fraction of sp³-hybridized carbons (Fsp3) is 0. The quantitative estimate of drug-likeness (QED) is 0.209. The van der Waals surface area contributed by atoms with E-state index in [0.717, 1.165) is 0 Å². The van der Waals surface area contributed by atoms with Gasteiger partial charge in [0.05, 0.1) is 0 Å². The Kier molecular flexibility index (Phi) is 21.1. The molecule has 0 heterocycles. The van der Waals surface area contributed by atoms with E-state index in [9.17, 15) is 0 Å². The monoisotopic (exact) mass is 414 g/mol. The Hall–Kier alpha value is 0.649. The largest absolute Gasteiger partial charge is 0.759 e. The predicted molar refractivity (Wildman–Crippen MR) is 31.4 cm³/mol. The molecule has 0 rings (SSSR count). The zero-order valence-electron chi connectivity index (χ0n) is 6.73. The zero-order valence-corrected chi connectivity index (χ0v) is 11.1. The predicted octanol–water partition coefficient (Wildman–Crippen LogP) is -4.02. The van der Waals surface area contributed by atoms with Gasteiger partial charge >= 0.3 is 0 Å². The van der Waals surface area contributed by atoms with Crippen molar-refractivity contribution < 1.29 is 86.7 Å². The Bertz CT molecular complexity index is 341. The van der Waals surface area contributed by atoms with E-state index in [1.165, 1.54) is 0 Å². The van der Waals surface area contributed by atoms with Crippen molar-refractivity contribution in [3.8, 4) is 0 Å². The van der Waals surface area contributed by atoms with Crippen molar-refractivity contribution in [1.29, 1.82) is 0 Å². The summed E-state index contributed by atoms with van der Waals surface area (Å²) in [6.45, 7) is 0. The van der Waals surface area contributed by atoms with Crippen molar-refractivity contribution >= 4 is 31.2 Å². The molecule has 118 valence electrons. The van der Waals surface area contributed by atoms with Gasteiger partial charge in [0.25, 0.3) is 0 Å². The minimum absolute atomic E-state index is 0. The van der Waals surface area contributed by atoms with Gasteiger partial charge in [0.15, 0.2) is 0 Å². The van der Waals surface area contributed by atoms with E-state index in [-0.39, 0.29) is 34.1 Å². The molecular weight excluding hydrogens is 415 g/mol. The van der Waals surface area contributed by atoms with Crippen LogP contribution in [0.3, 0.4) is 0 Å². The van der Waals surface area contributed by atoms with Crippen molar-refractivity contribution in [3.63, 3.8) is 0 Å². The molecule has 0 aliphatic heterocycles. The fourth-order valence-electron chi connectivity index (χ4n) is 0. The van der Waals surface area contributed by atoms with Gasteiger partial charge in [-0.3, -0.25) is 25.3 Å². The van der Waals surface area contributed by atoms with Gasteiger partial charge in [0, 0.05) is 65.3 Å². The van der Waals surface area contributed by atoms with Gasteiger partial charge < -0.3 is 27.3 Å². The summed E-state index contributed by atoms with van der Waals surface area (Å²) in [6.07, 6.45) is 0. The summed E-state index contributed by atoms with van der Waals surface area (Å²) in [6, 6.07) is 0. The first-order chi connectivity index (χ1) is 6.00. The van der Waals surface area contributed by atoms with Crippen molar-refractivity contribution in [2.75, 3.05) is 0 Å². The molecule has 2 radical (unpaired) electrons. The molecule has 0 unspecified atom stereocenters. The first-order valence-electron chi connectivity index (χ1n) is 2.00. The van der Waals surface area contributed by atoms with Crippen LogP contribution in [0.4, 0.5) is 0 Å². The smallest absolute Gasteiger partial charge is 0.0311 e. The normalized spacial score (nSPS) is 10.2. The molecule has 0 N–H and O–H groups in total. The van der Waals surface area contributed by atoms with Crippen LogP contribution >= 0.6 is 0 Å². The van der Waals surface area contributed by atoms with Crippen LogP contribution in [0.5, 0.6) is 0 Å². The van der Waals surface area contributed by atoms with E-state index in [0.29, 0.717) is 0 Å². The summed E-state index contributed by atoms with van der Waals surface area (Å²) < 4.78 is 102. The molecule has 0 aromatic carbocycles. The molecule has 0 aromatic heterocycles. The summed E-state index contributed by atoms with van der Waals surface area (Å²) in [5.41, 5.74) is 0. The molecule has 0 aromatic rings. The van der Waals surface area contributed by atoms with Crippen LogP contribution in [-0.4, -0.2) is 52.6 Å².